The van der Waals surface area contributed by atoms with E-state index in [0.29, 0.717) is 0 Å². The lowest BCUT2D eigenvalue weighted by Crippen LogP contribution is -2.46. The van der Waals surface area contributed by atoms with Crippen molar-refractivity contribution in [3.8, 4) is 0 Å². The average molecular weight is 240 g/mol. The molecule has 0 aromatic carbocycles. The second-order valence-electron chi connectivity index (χ2n) is 5.77. The summed E-state index contributed by atoms with van der Waals surface area (Å²) in [6.45, 7) is 8.11. The van der Waals surface area contributed by atoms with Gasteiger partial charge in [0.1, 0.15) is 0 Å². The molecule has 1 rings (SSSR count). The Labute approximate surface area is 108 Å². The van der Waals surface area contributed by atoms with Gasteiger partial charge in [-0.15, -0.1) is 0 Å². The standard InChI is InChI=1S/C15H32N2/c1-5-8-13(3)17(4)15-10-7-9-14(12-15)16-11-6-2/h13-16H,5-12H2,1-4H3. The van der Waals surface area contributed by atoms with Crippen LogP contribution in [-0.2, 0) is 0 Å². The Kier molecular flexibility index (Phi) is 7.14. The predicted octanol–water partition coefficient (Wildman–Crippen LogP) is 3.42. The van der Waals surface area contributed by atoms with Gasteiger partial charge in [0.2, 0.25) is 0 Å². The van der Waals surface area contributed by atoms with E-state index in [4.69, 9.17) is 0 Å². The van der Waals surface area contributed by atoms with Crippen molar-refractivity contribution >= 4 is 0 Å². The van der Waals surface area contributed by atoms with Crippen molar-refractivity contribution in [2.45, 2.75) is 83.8 Å². The highest BCUT2D eigenvalue weighted by Crippen LogP contribution is 2.24. The van der Waals surface area contributed by atoms with Crippen molar-refractivity contribution in [3.05, 3.63) is 0 Å². The molecule has 1 saturated carbocycles. The zero-order valence-corrected chi connectivity index (χ0v) is 12.3. The molecular weight excluding hydrogens is 208 g/mol. The minimum Gasteiger partial charge on any atom is -0.314 e. The highest BCUT2D eigenvalue weighted by Gasteiger charge is 2.26. The fraction of sp³-hybridized carbons (Fsp3) is 1.00. The van der Waals surface area contributed by atoms with E-state index in [0.717, 1.165) is 18.1 Å². The third kappa shape index (κ3) is 4.97. The zero-order chi connectivity index (χ0) is 12.7. The lowest BCUT2D eigenvalue weighted by molar-refractivity contribution is 0.125. The number of nitrogens with one attached hydrogen (secondary N) is 1. The lowest BCUT2D eigenvalue weighted by Gasteiger charge is -2.39. The molecule has 3 atom stereocenters. The highest BCUT2D eigenvalue weighted by atomic mass is 15.2. The van der Waals surface area contributed by atoms with E-state index >= 15 is 0 Å². The second kappa shape index (κ2) is 8.10. The van der Waals surface area contributed by atoms with E-state index in [1.807, 2.05) is 0 Å². The van der Waals surface area contributed by atoms with Crippen LogP contribution in [-0.4, -0.2) is 36.6 Å². The van der Waals surface area contributed by atoms with Crippen molar-refractivity contribution in [1.82, 2.24) is 10.2 Å². The lowest BCUT2D eigenvalue weighted by atomic mass is 9.89. The number of rotatable bonds is 7. The van der Waals surface area contributed by atoms with E-state index in [1.165, 1.54) is 51.5 Å². The third-order valence-electron chi connectivity index (χ3n) is 4.31. The zero-order valence-electron chi connectivity index (χ0n) is 12.3. The van der Waals surface area contributed by atoms with E-state index in [-0.39, 0.29) is 0 Å². The van der Waals surface area contributed by atoms with Gasteiger partial charge in [-0.1, -0.05) is 26.7 Å². The summed E-state index contributed by atoms with van der Waals surface area (Å²) in [6, 6.07) is 2.32. The van der Waals surface area contributed by atoms with Gasteiger partial charge in [0.25, 0.3) is 0 Å². The molecule has 0 aromatic heterocycles. The Morgan fingerprint density at radius 2 is 2.00 bits per heavy atom. The van der Waals surface area contributed by atoms with Gasteiger partial charge in [-0.05, 0) is 52.6 Å². The molecule has 0 bridgehead atoms. The van der Waals surface area contributed by atoms with Crippen molar-refractivity contribution in [2.75, 3.05) is 13.6 Å². The summed E-state index contributed by atoms with van der Waals surface area (Å²) in [5, 5.41) is 3.70. The molecule has 0 spiro atoms. The van der Waals surface area contributed by atoms with Crippen molar-refractivity contribution in [2.24, 2.45) is 0 Å². The van der Waals surface area contributed by atoms with Gasteiger partial charge in [0.15, 0.2) is 0 Å². The van der Waals surface area contributed by atoms with Crippen molar-refractivity contribution < 1.29 is 0 Å². The van der Waals surface area contributed by atoms with Crippen LogP contribution in [0.4, 0.5) is 0 Å². The Bertz CT molecular complexity index is 193. The van der Waals surface area contributed by atoms with Gasteiger partial charge in [-0.3, -0.25) is 0 Å². The number of hydrogen-bond acceptors (Lipinski definition) is 2. The Balaban J connectivity index is 2.37. The molecule has 3 unspecified atom stereocenters. The molecule has 2 nitrogen and oxygen atoms in total. The minimum absolute atomic E-state index is 0.745. The van der Waals surface area contributed by atoms with Crippen molar-refractivity contribution in [1.29, 1.82) is 0 Å². The van der Waals surface area contributed by atoms with Crippen LogP contribution in [0.5, 0.6) is 0 Å². The first-order valence-corrected chi connectivity index (χ1v) is 7.64. The van der Waals surface area contributed by atoms with E-state index in [1.54, 1.807) is 0 Å². The monoisotopic (exact) mass is 240 g/mol. The fourth-order valence-corrected chi connectivity index (χ4v) is 3.05. The summed E-state index contributed by atoms with van der Waals surface area (Å²) in [4.78, 5) is 2.63. The van der Waals surface area contributed by atoms with Crippen LogP contribution in [0.2, 0.25) is 0 Å². The molecule has 0 saturated heterocycles. The Morgan fingerprint density at radius 3 is 2.65 bits per heavy atom. The maximum absolute atomic E-state index is 3.70. The normalized spacial score (nSPS) is 27.4. The summed E-state index contributed by atoms with van der Waals surface area (Å²) < 4.78 is 0. The summed E-state index contributed by atoms with van der Waals surface area (Å²) >= 11 is 0. The van der Waals surface area contributed by atoms with E-state index < -0.39 is 0 Å². The highest BCUT2D eigenvalue weighted by molar-refractivity contribution is 4.84. The summed E-state index contributed by atoms with van der Waals surface area (Å²) in [5.41, 5.74) is 0. The molecule has 0 aromatic rings. The first-order chi connectivity index (χ1) is 8.19. The van der Waals surface area contributed by atoms with E-state index in [2.05, 4.69) is 38.0 Å². The van der Waals surface area contributed by atoms with Gasteiger partial charge in [-0.25, -0.2) is 0 Å². The molecule has 0 heterocycles. The average Bonchev–Trinajstić information content (AvgIpc) is 2.36. The third-order valence-corrected chi connectivity index (χ3v) is 4.31. The first-order valence-electron chi connectivity index (χ1n) is 7.64. The number of nitrogens with zero attached hydrogens (tertiary/aromatic N) is 1. The molecule has 17 heavy (non-hydrogen) atoms. The molecular formula is C15H32N2. The van der Waals surface area contributed by atoms with Crippen LogP contribution in [0.3, 0.4) is 0 Å². The number of hydrogen-bond donors (Lipinski definition) is 1. The van der Waals surface area contributed by atoms with Crippen LogP contribution >= 0.6 is 0 Å². The maximum Gasteiger partial charge on any atom is 0.0110 e. The smallest absolute Gasteiger partial charge is 0.0110 e. The first kappa shape index (κ1) is 15.0. The van der Waals surface area contributed by atoms with Crippen LogP contribution in [0.25, 0.3) is 0 Å². The Hall–Kier alpha value is -0.0800. The fourth-order valence-electron chi connectivity index (χ4n) is 3.05. The largest absolute Gasteiger partial charge is 0.314 e. The van der Waals surface area contributed by atoms with Gasteiger partial charge >= 0.3 is 0 Å². The minimum atomic E-state index is 0.745. The van der Waals surface area contributed by atoms with Gasteiger partial charge in [-0.2, -0.15) is 0 Å². The summed E-state index contributed by atoms with van der Waals surface area (Å²) in [5.74, 6) is 0. The quantitative estimate of drug-likeness (QED) is 0.733. The molecule has 0 amide bonds. The van der Waals surface area contributed by atoms with Gasteiger partial charge in [0.05, 0.1) is 0 Å². The molecule has 1 fully saturated rings. The van der Waals surface area contributed by atoms with E-state index in [9.17, 15) is 0 Å². The topological polar surface area (TPSA) is 15.3 Å². The van der Waals surface area contributed by atoms with Crippen molar-refractivity contribution in [3.63, 3.8) is 0 Å². The van der Waals surface area contributed by atoms with Gasteiger partial charge in [0, 0.05) is 18.1 Å². The molecule has 2 heteroatoms. The second-order valence-corrected chi connectivity index (χ2v) is 5.77. The van der Waals surface area contributed by atoms with Crippen LogP contribution in [0.1, 0.15) is 65.7 Å². The molecule has 1 aliphatic rings. The predicted molar refractivity (Wildman–Crippen MR) is 76.5 cm³/mol. The maximum atomic E-state index is 3.70. The van der Waals surface area contributed by atoms with Gasteiger partial charge < -0.3 is 10.2 Å². The van der Waals surface area contributed by atoms with Crippen LogP contribution < -0.4 is 5.32 Å². The summed E-state index contributed by atoms with van der Waals surface area (Å²) in [6.07, 6.45) is 9.42. The summed E-state index contributed by atoms with van der Waals surface area (Å²) in [7, 11) is 2.33. The molecule has 1 N–H and O–H groups in total. The molecule has 0 aliphatic heterocycles. The molecule has 1 aliphatic carbocycles. The molecule has 0 radical (unpaired) electrons. The molecule has 102 valence electrons. The Morgan fingerprint density at radius 1 is 1.24 bits per heavy atom. The van der Waals surface area contributed by atoms with Crippen LogP contribution in [0, 0.1) is 0 Å². The van der Waals surface area contributed by atoms with Crippen LogP contribution in [0.15, 0.2) is 0 Å². The SMILES string of the molecule is CCCNC1CCCC(N(C)C(C)CCC)C1.